The zero-order valence-corrected chi connectivity index (χ0v) is 16.6. The van der Waals surface area contributed by atoms with E-state index in [4.69, 9.17) is 14.2 Å². The van der Waals surface area contributed by atoms with E-state index < -0.39 is 0 Å². The van der Waals surface area contributed by atoms with Crippen molar-refractivity contribution in [2.24, 2.45) is 10.9 Å². The Hall–Kier alpha value is -1.79. The molecule has 1 unspecified atom stereocenters. The summed E-state index contributed by atoms with van der Waals surface area (Å²) in [7, 11) is 1.78. The molecule has 6 heteroatoms. The summed E-state index contributed by atoms with van der Waals surface area (Å²) in [6.45, 7) is 6.50. The van der Waals surface area contributed by atoms with E-state index in [1.54, 1.807) is 7.05 Å². The van der Waals surface area contributed by atoms with Crippen molar-refractivity contribution in [1.29, 1.82) is 0 Å². The smallest absolute Gasteiger partial charge is 0.191 e. The van der Waals surface area contributed by atoms with Crippen LogP contribution in [0, 0.1) is 12.8 Å². The lowest BCUT2D eigenvalue weighted by Crippen LogP contribution is -2.38. The van der Waals surface area contributed by atoms with Crippen LogP contribution in [0.25, 0.3) is 0 Å². The lowest BCUT2D eigenvalue weighted by atomic mass is 10.1. The molecule has 3 rings (SSSR count). The molecule has 2 fully saturated rings. The number of guanidine groups is 1. The van der Waals surface area contributed by atoms with Crippen molar-refractivity contribution in [2.45, 2.75) is 45.3 Å². The van der Waals surface area contributed by atoms with E-state index in [1.807, 2.05) is 0 Å². The molecule has 2 N–H and O–H groups in total. The van der Waals surface area contributed by atoms with E-state index >= 15 is 0 Å². The van der Waals surface area contributed by atoms with Gasteiger partial charge in [0.25, 0.3) is 0 Å². The number of hydrogen-bond acceptors (Lipinski definition) is 4. The summed E-state index contributed by atoms with van der Waals surface area (Å²) in [5, 5.41) is 6.65. The highest BCUT2D eigenvalue weighted by atomic mass is 16.5. The molecule has 150 valence electrons. The van der Waals surface area contributed by atoms with Crippen LogP contribution in [-0.2, 0) is 16.0 Å². The van der Waals surface area contributed by atoms with Gasteiger partial charge in [0.2, 0.25) is 0 Å². The predicted molar refractivity (Wildman–Crippen MR) is 107 cm³/mol. The van der Waals surface area contributed by atoms with Gasteiger partial charge in [0.05, 0.1) is 25.9 Å². The van der Waals surface area contributed by atoms with Gasteiger partial charge in [-0.25, -0.2) is 0 Å². The molecule has 0 amide bonds. The topological polar surface area (TPSA) is 64.1 Å². The Bertz CT molecular complexity index is 611. The maximum absolute atomic E-state index is 6.04. The fraction of sp³-hybridized carbons (Fsp3) is 0.667. The normalized spacial score (nSPS) is 19.9. The summed E-state index contributed by atoms with van der Waals surface area (Å²) in [4.78, 5) is 4.28. The van der Waals surface area contributed by atoms with Crippen LogP contribution in [0.1, 0.15) is 36.8 Å². The molecule has 27 heavy (non-hydrogen) atoms. The molecule has 1 aromatic carbocycles. The van der Waals surface area contributed by atoms with E-state index in [0.29, 0.717) is 26.3 Å². The maximum atomic E-state index is 6.04. The number of nitrogens with one attached hydrogen (secondary N) is 2. The van der Waals surface area contributed by atoms with Crippen LogP contribution in [0.2, 0.25) is 0 Å². The molecule has 1 saturated carbocycles. The van der Waals surface area contributed by atoms with Gasteiger partial charge >= 0.3 is 0 Å². The first-order chi connectivity index (χ1) is 13.2. The van der Waals surface area contributed by atoms with Crippen molar-refractivity contribution >= 4 is 5.96 Å². The Morgan fingerprint density at radius 2 is 2.11 bits per heavy atom. The number of rotatable bonds is 10. The maximum Gasteiger partial charge on any atom is 0.191 e. The van der Waals surface area contributed by atoms with Crippen LogP contribution in [0.4, 0.5) is 0 Å². The third-order valence-corrected chi connectivity index (χ3v) is 4.93. The molecule has 0 spiro atoms. The van der Waals surface area contributed by atoms with Gasteiger partial charge in [-0.15, -0.1) is 0 Å². The summed E-state index contributed by atoms with van der Waals surface area (Å²) >= 11 is 0. The predicted octanol–water partition coefficient (Wildman–Crippen LogP) is 2.64. The second kappa shape index (κ2) is 10.5. The minimum atomic E-state index is 0.276. The quantitative estimate of drug-likeness (QED) is 0.374. The fourth-order valence-corrected chi connectivity index (χ4v) is 3.07. The zero-order valence-electron chi connectivity index (χ0n) is 16.6. The average Bonchev–Trinajstić information content (AvgIpc) is 3.36. The summed E-state index contributed by atoms with van der Waals surface area (Å²) in [5.41, 5.74) is 2.37. The van der Waals surface area contributed by atoms with Crippen LogP contribution in [0.5, 0.6) is 5.75 Å². The van der Waals surface area contributed by atoms with Crippen molar-refractivity contribution in [3.63, 3.8) is 0 Å². The van der Waals surface area contributed by atoms with Gasteiger partial charge in [-0.05, 0) is 50.2 Å². The lowest BCUT2D eigenvalue weighted by Gasteiger charge is -2.16. The molecule has 0 aromatic heterocycles. The Labute approximate surface area is 162 Å². The third-order valence-electron chi connectivity index (χ3n) is 4.93. The molecular formula is C21H33N3O3. The van der Waals surface area contributed by atoms with Gasteiger partial charge < -0.3 is 24.8 Å². The Morgan fingerprint density at radius 3 is 2.85 bits per heavy atom. The molecule has 0 bridgehead atoms. The Morgan fingerprint density at radius 1 is 1.22 bits per heavy atom. The van der Waals surface area contributed by atoms with Crippen molar-refractivity contribution in [3.8, 4) is 5.75 Å². The molecule has 1 aliphatic heterocycles. The Kier molecular flexibility index (Phi) is 7.78. The Balaban J connectivity index is 1.37. The summed E-state index contributed by atoms with van der Waals surface area (Å²) in [6.07, 6.45) is 5.13. The highest BCUT2D eigenvalue weighted by molar-refractivity contribution is 5.79. The first kappa shape index (κ1) is 20.0. The van der Waals surface area contributed by atoms with Crippen LogP contribution in [0.3, 0.4) is 0 Å². The van der Waals surface area contributed by atoms with E-state index in [-0.39, 0.29) is 6.10 Å². The molecule has 6 nitrogen and oxygen atoms in total. The summed E-state index contributed by atoms with van der Waals surface area (Å²) in [5.74, 6) is 2.49. The van der Waals surface area contributed by atoms with E-state index in [1.165, 1.54) is 18.4 Å². The lowest BCUT2D eigenvalue weighted by molar-refractivity contribution is 0.0191. The van der Waals surface area contributed by atoms with Gasteiger partial charge in [0.1, 0.15) is 5.75 Å². The first-order valence-electron chi connectivity index (χ1n) is 10.1. The zero-order chi connectivity index (χ0) is 18.9. The molecular weight excluding hydrogens is 342 g/mol. The largest absolute Gasteiger partial charge is 0.493 e. The minimum Gasteiger partial charge on any atom is -0.493 e. The van der Waals surface area contributed by atoms with Crippen molar-refractivity contribution in [3.05, 3.63) is 29.3 Å². The van der Waals surface area contributed by atoms with Gasteiger partial charge in [-0.3, -0.25) is 4.99 Å². The average molecular weight is 376 g/mol. The van der Waals surface area contributed by atoms with Gasteiger partial charge in [0, 0.05) is 32.3 Å². The SMILES string of the molecule is CN=C(NCCOCC1CCCO1)NCc1ccc(C)cc1OCC1CC1. The number of nitrogens with zero attached hydrogens (tertiary/aromatic N) is 1. The number of aryl methyl sites for hydroxylation is 1. The van der Waals surface area contributed by atoms with E-state index in [2.05, 4.69) is 40.7 Å². The van der Waals surface area contributed by atoms with Crippen LogP contribution in [0.15, 0.2) is 23.2 Å². The molecule has 0 radical (unpaired) electrons. The van der Waals surface area contributed by atoms with Crippen LogP contribution >= 0.6 is 0 Å². The highest BCUT2D eigenvalue weighted by Crippen LogP contribution is 2.30. The molecule has 1 saturated heterocycles. The van der Waals surface area contributed by atoms with Crippen LogP contribution in [-0.4, -0.2) is 52.1 Å². The standard InChI is InChI=1S/C21H33N3O3/c1-16-5-8-18(20(12-16)27-14-17-6-7-17)13-24-21(22-2)23-9-11-25-15-19-4-3-10-26-19/h5,8,12,17,19H,3-4,6-7,9-11,13-15H2,1-2H3,(H2,22,23,24). The number of aliphatic imine (C=N–C) groups is 1. The van der Waals surface area contributed by atoms with E-state index in [0.717, 1.165) is 49.2 Å². The van der Waals surface area contributed by atoms with Crippen molar-refractivity contribution in [1.82, 2.24) is 10.6 Å². The van der Waals surface area contributed by atoms with Gasteiger partial charge in [-0.2, -0.15) is 0 Å². The highest BCUT2D eigenvalue weighted by Gasteiger charge is 2.22. The first-order valence-corrected chi connectivity index (χ1v) is 10.1. The second-order valence-electron chi connectivity index (χ2n) is 7.43. The number of benzene rings is 1. The van der Waals surface area contributed by atoms with Crippen molar-refractivity contribution < 1.29 is 14.2 Å². The molecule has 1 heterocycles. The minimum absolute atomic E-state index is 0.276. The molecule has 1 atom stereocenters. The molecule has 2 aliphatic rings. The number of ether oxygens (including phenoxy) is 3. The van der Waals surface area contributed by atoms with Crippen molar-refractivity contribution in [2.75, 3.05) is 40.0 Å². The van der Waals surface area contributed by atoms with Gasteiger partial charge in [0.15, 0.2) is 5.96 Å². The van der Waals surface area contributed by atoms with Gasteiger partial charge in [-0.1, -0.05) is 12.1 Å². The van der Waals surface area contributed by atoms with Crippen LogP contribution < -0.4 is 15.4 Å². The number of hydrogen-bond donors (Lipinski definition) is 2. The molecule has 1 aliphatic carbocycles. The fourth-order valence-electron chi connectivity index (χ4n) is 3.07. The van der Waals surface area contributed by atoms with E-state index in [9.17, 15) is 0 Å². The molecule has 1 aromatic rings. The second-order valence-corrected chi connectivity index (χ2v) is 7.43. The summed E-state index contributed by atoms with van der Waals surface area (Å²) in [6, 6.07) is 6.37. The monoisotopic (exact) mass is 375 g/mol. The summed E-state index contributed by atoms with van der Waals surface area (Å²) < 4.78 is 17.3. The third kappa shape index (κ3) is 7.03.